The molecule has 0 aliphatic carbocycles. The number of benzene rings is 1. The van der Waals surface area contributed by atoms with Crippen molar-refractivity contribution in [2.24, 2.45) is 0 Å². The predicted octanol–water partition coefficient (Wildman–Crippen LogP) is 2.19. The first-order valence-corrected chi connectivity index (χ1v) is 5.62. The maximum absolute atomic E-state index is 11.4. The summed E-state index contributed by atoms with van der Waals surface area (Å²) in [7, 11) is 1.33. The topological polar surface area (TPSA) is 76.0 Å². The highest BCUT2D eigenvalue weighted by molar-refractivity contribution is 14.1. The summed E-state index contributed by atoms with van der Waals surface area (Å²) in [5, 5.41) is 19.2. The Morgan fingerprint density at radius 3 is 2.53 bits per heavy atom. The molecule has 0 bridgehead atoms. The van der Waals surface area contributed by atoms with E-state index in [1.165, 1.54) is 20.1 Å². The van der Waals surface area contributed by atoms with Crippen LogP contribution in [0.5, 0.6) is 23.0 Å². The lowest BCUT2D eigenvalue weighted by molar-refractivity contribution is -0.130. The van der Waals surface area contributed by atoms with Gasteiger partial charge < -0.3 is 19.7 Å². The van der Waals surface area contributed by atoms with E-state index >= 15 is 0 Å². The van der Waals surface area contributed by atoms with Gasteiger partial charge >= 0.3 is 5.97 Å². The fourth-order valence-corrected chi connectivity index (χ4v) is 1.42. The molecule has 0 unspecified atom stereocenters. The van der Waals surface area contributed by atoms with Crippen LogP contribution in [-0.2, 0) is 4.79 Å². The second-order valence-electron chi connectivity index (χ2n) is 3.26. The van der Waals surface area contributed by atoms with Crippen LogP contribution >= 0.6 is 22.6 Å². The van der Waals surface area contributed by atoms with E-state index in [1.807, 2.05) is 0 Å². The van der Waals surface area contributed by atoms with E-state index in [0.29, 0.717) is 0 Å². The number of hydrogen-bond acceptors (Lipinski definition) is 5. The maximum atomic E-state index is 11.4. The quantitative estimate of drug-likeness (QED) is 0.378. The van der Waals surface area contributed by atoms with Crippen molar-refractivity contribution >= 4 is 28.6 Å². The second kappa shape index (κ2) is 5.26. The Balaban J connectivity index is 3.26. The minimum atomic E-state index is -0.680. The number of rotatable bonds is 3. The zero-order chi connectivity index (χ0) is 13.2. The molecule has 0 fully saturated rings. The van der Waals surface area contributed by atoms with Gasteiger partial charge in [0, 0.05) is 11.6 Å². The van der Waals surface area contributed by atoms with Crippen LogP contribution in [0.15, 0.2) is 18.2 Å². The molecule has 17 heavy (non-hydrogen) atoms. The Morgan fingerprint density at radius 2 is 2.06 bits per heavy atom. The van der Waals surface area contributed by atoms with Gasteiger partial charge in [-0.2, -0.15) is 0 Å². The third-order valence-corrected chi connectivity index (χ3v) is 2.97. The van der Waals surface area contributed by atoms with Gasteiger partial charge in [-0.1, -0.05) is 6.58 Å². The molecule has 1 rings (SSSR count). The van der Waals surface area contributed by atoms with Crippen LogP contribution in [-0.4, -0.2) is 23.3 Å². The van der Waals surface area contributed by atoms with Gasteiger partial charge in [-0.25, -0.2) is 4.79 Å². The first kappa shape index (κ1) is 13.6. The molecule has 0 atom stereocenters. The molecule has 1 aromatic carbocycles. The van der Waals surface area contributed by atoms with Gasteiger partial charge in [0.2, 0.25) is 5.75 Å². The molecule has 0 saturated carbocycles. The Hall–Kier alpha value is -1.44. The zero-order valence-electron chi connectivity index (χ0n) is 9.28. The van der Waals surface area contributed by atoms with Crippen molar-refractivity contribution in [2.45, 2.75) is 6.92 Å². The number of carbonyl (C=O) groups is 1. The van der Waals surface area contributed by atoms with Gasteiger partial charge in [-0.05, 0) is 29.5 Å². The van der Waals surface area contributed by atoms with Gasteiger partial charge in [0.15, 0.2) is 11.5 Å². The fraction of sp³-hybridized carbons (Fsp3) is 0.182. The lowest BCUT2D eigenvalue weighted by Gasteiger charge is -2.12. The zero-order valence-corrected chi connectivity index (χ0v) is 11.4. The van der Waals surface area contributed by atoms with Crippen molar-refractivity contribution in [1.29, 1.82) is 0 Å². The van der Waals surface area contributed by atoms with Crippen molar-refractivity contribution < 1.29 is 24.5 Å². The van der Waals surface area contributed by atoms with E-state index in [-0.39, 0.29) is 32.1 Å². The number of phenols is 2. The molecule has 0 radical (unpaired) electrons. The van der Waals surface area contributed by atoms with Crippen LogP contribution in [0, 0.1) is 3.57 Å². The standard InChI is InChI=1S/C11H11IO5/c1-5(2)11(15)17-10-7(16-3)4-6(13)8(12)9(10)14/h4,13-14H,1H2,2-3H3. The van der Waals surface area contributed by atoms with Crippen molar-refractivity contribution in [3.05, 3.63) is 21.8 Å². The lowest BCUT2D eigenvalue weighted by Crippen LogP contribution is -2.09. The highest BCUT2D eigenvalue weighted by Gasteiger charge is 2.20. The van der Waals surface area contributed by atoms with E-state index < -0.39 is 5.97 Å². The molecule has 0 spiro atoms. The fourth-order valence-electron chi connectivity index (χ4n) is 1.02. The van der Waals surface area contributed by atoms with E-state index in [2.05, 4.69) is 6.58 Å². The number of hydrogen-bond donors (Lipinski definition) is 2. The van der Waals surface area contributed by atoms with Crippen LogP contribution < -0.4 is 9.47 Å². The molecule has 0 saturated heterocycles. The van der Waals surface area contributed by atoms with Crippen LogP contribution in [0.4, 0.5) is 0 Å². The van der Waals surface area contributed by atoms with E-state index in [9.17, 15) is 15.0 Å². The molecule has 5 nitrogen and oxygen atoms in total. The lowest BCUT2D eigenvalue weighted by atomic mass is 10.2. The summed E-state index contributed by atoms with van der Waals surface area (Å²) in [6.45, 7) is 4.91. The molecule has 0 amide bonds. The van der Waals surface area contributed by atoms with Gasteiger partial charge in [0.05, 0.1) is 7.11 Å². The second-order valence-corrected chi connectivity index (χ2v) is 4.34. The van der Waals surface area contributed by atoms with E-state index in [1.54, 1.807) is 22.6 Å². The summed E-state index contributed by atoms with van der Waals surface area (Å²) in [6.07, 6.45) is 0. The molecular formula is C11H11IO5. The first-order chi connectivity index (χ1) is 7.88. The SMILES string of the molecule is C=C(C)C(=O)Oc1c(OC)cc(O)c(I)c1O. The van der Waals surface area contributed by atoms with Crippen LogP contribution in [0.3, 0.4) is 0 Å². The maximum Gasteiger partial charge on any atom is 0.338 e. The molecule has 6 heteroatoms. The molecule has 0 aromatic heterocycles. The molecule has 1 aromatic rings. The van der Waals surface area contributed by atoms with Gasteiger partial charge in [0.1, 0.15) is 9.32 Å². The molecule has 0 heterocycles. The molecule has 0 aliphatic rings. The molecule has 92 valence electrons. The smallest absolute Gasteiger partial charge is 0.338 e. The average molecular weight is 350 g/mol. The van der Waals surface area contributed by atoms with Crippen molar-refractivity contribution in [1.82, 2.24) is 0 Å². The minimum Gasteiger partial charge on any atom is -0.507 e. The van der Waals surface area contributed by atoms with Crippen LogP contribution in [0.25, 0.3) is 0 Å². The number of halogens is 1. The summed E-state index contributed by atoms with van der Waals surface area (Å²) in [6, 6.07) is 1.25. The number of ether oxygens (including phenoxy) is 2. The number of methoxy groups -OCH3 is 1. The highest BCUT2D eigenvalue weighted by Crippen LogP contribution is 2.44. The van der Waals surface area contributed by atoms with E-state index in [4.69, 9.17) is 9.47 Å². The summed E-state index contributed by atoms with van der Waals surface area (Å²) < 4.78 is 10.0. The molecule has 2 N–H and O–H groups in total. The van der Waals surface area contributed by atoms with Crippen LogP contribution in [0.1, 0.15) is 6.92 Å². The highest BCUT2D eigenvalue weighted by atomic mass is 127. The Labute approximate surface area is 112 Å². The third kappa shape index (κ3) is 2.82. The number of aromatic hydroxyl groups is 2. The Kier molecular flexibility index (Phi) is 4.22. The summed E-state index contributed by atoms with van der Waals surface area (Å²) >= 11 is 1.72. The Morgan fingerprint density at radius 1 is 1.47 bits per heavy atom. The molecular weight excluding hydrogens is 339 g/mol. The molecule has 0 aliphatic heterocycles. The predicted molar refractivity (Wildman–Crippen MR) is 69.5 cm³/mol. The number of esters is 1. The third-order valence-electron chi connectivity index (χ3n) is 1.90. The number of phenolic OH excluding ortho intramolecular Hbond substituents is 2. The van der Waals surface area contributed by atoms with Gasteiger partial charge in [0.25, 0.3) is 0 Å². The first-order valence-electron chi connectivity index (χ1n) is 4.54. The average Bonchev–Trinajstić information content (AvgIpc) is 2.29. The summed E-state index contributed by atoms with van der Waals surface area (Å²) in [4.78, 5) is 11.4. The minimum absolute atomic E-state index is 0.0648. The largest absolute Gasteiger partial charge is 0.507 e. The van der Waals surface area contributed by atoms with E-state index in [0.717, 1.165) is 0 Å². The monoisotopic (exact) mass is 350 g/mol. The normalized spacial score (nSPS) is 9.82. The van der Waals surface area contributed by atoms with Crippen LogP contribution in [0.2, 0.25) is 0 Å². The van der Waals surface area contributed by atoms with Gasteiger partial charge in [-0.15, -0.1) is 0 Å². The van der Waals surface area contributed by atoms with Crippen molar-refractivity contribution in [3.8, 4) is 23.0 Å². The summed E-state index contributed by atoms with van der Waals surface area (Å²) in [5.74, 6) is -1.26. The van der Waals surface area contributed by atoms with Gasteiger partial charge in [-0.3, -0.25) is 0 Å². The Bertz CT molecular complexity index is 481. The summed E-state index contributed by atoms with van der Waals surface area (Å²) in [5.41, 5.74) is 0.189. The van der Waals surface area contributed by atoms with Crippen molar-refractivity contribution in [2.75, 3.05) is 7.11 Å². The van der Waals surface area contributed by atoms with Crippen molar-refractivity contribution in [3.63, 3.8) is 0 Å². The number of carbonyl (C=O) groups excluding carboxylic acids is 1.